The Morgan fingerprint density at radius 2 is 2.18 bits per heavy atom. The SMILES string of the molecule is Clc1ccc2oc(CNC3CCCC3)nc2c1. The lowest BCUT2D eigenvalue weighted by molar-refractivity contribution is 0.450. The molecule has 4 heteroatoms. The van der Waals surface area contributed by atoms with Gasteiger partial charge in [0.1, 0.15) is 5.52 Å². The van der Waals surface area contributed by atoms with Crippen molar-refractivity contribution in [2.24, 2.45) is 0 Å². The van der Waals surface area contributed by atoms with Crippen molar-refractivity contribution in [3.8, 4) is 0 Å². The number of hydrogen-bond donors (Lipinski definition) is 1. The Kier molecular flexibility index (Phi) is 3.04. The molecule has 3 nitrogen and oxygen atoms in total. The molecule has 1 aliphatic carbocycles. The third kappa shape index (κ3) is 2.45. The number of rotatable bonds is 3. The van der Waals surface area contributed by atoms with Crippen LogP contribution in [-0.2, 0) is 6.54 Å². The lowest BCUT2D eigenvalue weighted by Crippen LogP contribution is -2.25. The zero-order valence-corrected chi connectivity index (χ0v) is 10.3. The van der Waals surface area contributed by atoms with E-state index < -0.39 is 0 Å². The molecule has 0 spiro atoms. The van der Waals surface area contributed by atoms with Crippen LogP contribution in [0.2, 0.25) is 5.02 Å². The Labute approximate surface area is 105 Å². The summed E-state index contributed by atoms with van der Waals surface area (Å²) in [6.07, 6.45) is 5.21. The van der Waals surface area contributed by atoms with Gasteiger partial charge in [-0.1, -0.05) is 24.4 Å². The van der Waals surface area contributed by atoms with Crippen molar-refractivity contribution in [1.82, 2.24) is 10.3 Å². The molecule has 1 heterocycles. The Bertz CT molecular complexity index is 517. The zero-order valence-electron chi connectivity index (χ0n) is 9.58. The van der Waals surface area contributed by atoms with Gasteiger partial charge in [0.15, 0.2) is 5.58 Å². The van der Waals surface area contributed by atoms with E-state index in [0.29, 0.717) is 17.6 Å². The smallest absolute Gasteiger partial charge is 0.209 e. The molecule has 1 aromatic heterocycles. The van der Waals surface area contributed by atoms with E-state index in [4.69, 9.17) is 16.0 Å². The zero-order chi connectivity index (χ0) is 11.7. The minimum atomic E-state index is 0.633. The number of oxazole rings is 1. The molecule has 0 aliphatic heterocycles. The predicted octanol–water partition coefficient (Wildman–Crippen LogP) is 3.51. The van der Waals surface area contributed by atoms with Gasteiger partial charge >= 0.3 is 0 Å². The van der Waals surface area contributed by atoms with Crippen molar-refractivity contribution >= 4 is 22.7 Å². The second kappa shape index (κ2) is 4.67. The molecule has 0 amide bonds. The van der Waals surface area contributed by atoms with Gasteiger partial charge in [0, 0.05) is 11.1 Å². The summed E-state index contributed by atoms with van der Waals surface area (Å²) in [4.78, 5) is 4.42. The van der Waals surface area contributed by atoms with Crippen LogP contribution >= 0.6 is 11.6 Å². The van der Waals surface area contributed by atoms with Gasteiger partial charge in [-0.05, 0) is 31.0 Å². The number of nitrogens with one attached hydrogen (secondary N) is 1. The van der Waals surface area contributed by atoms with E-state index in [1.807, 2.05) is 18.2 Å². The highest BCUT2D eigenvalue weighted by Crippen LogP contribution is 2.21. The van der Waals surface area contributed by atoms with Gasteiger partial charge < -0.3 is 9.73 Å². The molecule has 0 unspecified atom stereocenters. The molecule has 0 atom stereocenters. The van der Waals surface area contributed by atoms with Crippen molar-refractivity contribution in [1.29, 1.82) is 0 Å². The average Bonchev–Trinajstić information content (AvgIpc) is 2.94. The first-order valence-electron chi connectivity index (χ1n) is 6.09. The quantitative estimate of drug-likeness (QED) is 0.906. The summed E-state index contributed by atoms with van der Waals surface area (Å²) < 4.78 is 5.65. The average molecular weight is 251 g/mol. The van der Waals surface area contributed by atoms with Gasteiger partial charge in [0.05, 0.1) is 6.54 Å². The van der Waals surface area contributed by atoms with E-state index in [1.54, 1.807) is 0 Å². The van der Waals surface area contributed by atoms with Crippen LogP contribution in [-0.4, -0.2) is 11.0 Å². The summed E-state index contributed by atoms with van der Waals surface area (Å²) in [6, 6.07) is 6.15. The first-order valence-corrected chi connectivity index (χ1v) is 6.47. The molecular formula is C13H15ClN2O. The molecule has 0 bridgehead atoms. The molecule has 1 N–H and O–H groups in total. The summed E-state index contributed by atoms with van der Waals surface area (Å²) >= 11 is 5.91. The van der Waals surface area contributed by atoms with Crippen LogP contribution in [0.25, 0.3) is 11.1 Å². The Hall–Kier alpha value is -1.06. The number of nitrogens with zero attached hydrogens (tertiary/aromatic N) is 1. The van der Waals surface area contributed by atoms with Crippen molar-refractivity contribution in [3.63, 3.8) is 0 Å². The van der Waals surface area contributed by atoms with Crippen LogP contribution in [0.5, 0.6) is 0 Å². The van der Waals surface area contributed by atoms with Crippen molar-refractivity contribution in [2.75, 3.05) is 0 Å². The summed E-state index contributed by atoms with van der Waals surface area (Å²) in [5.74, 6) is 0.745. The first-order chi connectivity index (χ1) is 8.31. The van der Waals surface area contributed by atoms with Gasteiger partial charge in [-0.3, -0.25) is 0 Å². The molecule has 1 fully saturated rings. The lowest BCUT2D eigenvalue weighted by atomic mass is 10.2. The molecule has 1 aliphatic rings. The van der Waals surface area contributed by atoms with Crippen molar-refractivity contribution in [2.45, 2.75) is 38.3 Å². The lowest BCUT2D eigenvalue weighted by Gasteiger charge is -2.08. The van der Waals surface area contributed by atoms with E-state index in [1.165, 1.54) is 25.7 Å². The van der Waals surface area contributed by atoms with E-state index in [2.05, 4.69) is 10.3 Å². The molecule has 2 aromatic rings. The highest BCUT2D eigenvalue weighted by Gasteiger charge is 2.15. The van der Waals surface area contributed by atoms with Crippen LogP contribution in [0.1, 0.15) is 31.6 Å². The monoisotopic (exact) mass is 250 g/mol. The van der Waals surface area contributed by atoms with Gasteiger partial charge in [0.2, 0.25) is 5.89 Å². The highest BCUT2D eigenvalue weighted by atomic mass is 35.5. The Morgan fingerprint density at radius 1 is 1.35 bits per heavy atom. The van der Waals surface area contributed by atoms with Gasteiger partial charge in [-0.2, -0.15) is 0 Å². The number of aromatic nitrogens is 1. The molecule has 0 saturated heterocycles. The van der Waals surface area contributed by atoms with Gasteiger partial charge in [-0.15, -0.1) is 0 Å². The fourth-order valence-electron chi connectivity index (χ4n) is 2.39. The fraction of sp³-hybridized carbons (Fsp3) is 0.462. The molecule has 3 rings (SSSR count). The number of hydrogen-bond acceptors (Lipinski definition) is 3. The van der Waals surface area contributed by atoms with E-state index in [9.17, 15) is 0 Å². The molecular weight excluding hydrogens is 236 g/mol. The van der Waals surface area contributed by atoms with Crippen LogP contribution in [0.15, 0.2) is 22.6 Å². The van der Waals surface area contributed by atoms with Gasteiger partial charge in [0.25, 0.3) is 0 Å². The standard InChI is InChI=1S/C13H15ClN2O/c14-9-5-6-12-11(7-9)16-13(17-12)8-15-10-3-1-2-4-10/h5-7,10,15H,1-4,8H2. The maximum absolute atomic E-state index is 5.91. The normalized spacial score (nSPS) is 17.0. The topological polar surface area (TPSA) is 38.1 Å². The largest absolute Gasteiger partial charge is 0.439 e. The first kappa shape index (κ1) is 11.1. The fourth-order valence-corrected chi connectivity index (χ4v) is 2.55. The Morgan fingerprint density at radius 3 is 3.00 bits per heavy atom. The Balaban J connectivity index is 1.72. The van der Waals surface area contributed by atoms with Gasteiger partial charge in [-0.25, -0.2) is 4.98 Å². The van der Waals surface area contributed by atoms with E-state index >= 15 is 0 Å². The summed E-state index contributed by atoms with van der Waals surface area (Å²) in [6.45, 7) is 0.705. The second-order valence-corrected chi connectivity index (χ2v) is 5.02. The molecule has 17 heavy (non-hydrogen) atoms. The molecule has 1 saturated carbocycles. The van der Waals surface area contributed by atoms with Crippen molar-refractivity contribution in [3.05, 3.63) is 29.1 Å². The minimum absolute atomic E-state index is 0.633. The summed E-state index contributed by atoms with van der Waals surface area (Å²) in [5, 5.41) is 4.18. The molecule has 90 valence electrons. The highest BCUT2D eigenvalue weighted by molar-refractivity contribution is 6.31. The second-order valence-electron chi connectivity index (χ2n) is 4.58. The van der Waals surface area contributed by atoms with Crippen LogP contribution in [0.4, 0.5) is 0 Å². The number of halogens is 1. The maximum atomic E-state index is 5.91. The minimum Gasteiger partial charge on any atom is -0.439 e. The van der Waals surface area contributed by atoms with Crippen LogP contribution in [0, 0.1) is 0 Å². The number of benzene rings is 1. The van der Waals surface area contributed by atoms with Crippen molar-refractivity contribution < 1.29 is 4.42 Å². The van der Waals surface area contributed by atoms with Crippen LogP contribution < -0.4 is 5.32 Å². The predicted molar refractivity (Wildman–Crippen MR) is 68.1 cm³/mol. The third-order valence-corrected chi connectivity index (χ3v) is 3.53. The van der Waals surface area contributed by atoms with E-state index in [-0.39, 0.29) is 0 Å². The van der Waals surface area contributed by atoms with E-state index in [0.717, 1.165) is 17.0 Å². The maximum Gasteiger partial charge on any atom is 0.209 e. The van der Waals surface area contributed by atoms with Crippen LogP contribution in [0.3, 0.4) is 0 Å². The summed E-state index contributed by atoms with van der Waals surface area (Å²) in [5.41, 5.74) is 1.64. The third-order valence-electron chi connectivity index (χ3n) is 3.29. The molecule has 0 radical (unpaired) electrons. The summed E-state index contributed by atoms with van der Waals surface area (Å²) in [7, 11) is 0. The number of fused-ring (bicyclic) bond motifs is 1. The molecule has 1 aromatic carbocycles.